The number of rotatable bonds is 6. The minimum atomic E-state index is -4.47. The summed E-state index contributed by atoms with van der Waals surface area (Å²) >= 11 is 0. The van der Waals surface area contributed by atoms with E-state index in [0.717, 1.165) is 25.1 Å². The van der Waals surface area contributed by atoms with Gasteiger partial charge in [0.05, 0.1) is 18.2 Å². The summed E-state index contributed by atoms with van der Waals surface area (Å²) in [5.74, 6) is -5.07. The van der Waals surface area contributed by atoms with Crippen molar-refractivity contribution >= 4 is 17.6 Å². The third kappa shape index (κ3) is 5.37. The van der Waals surface area contributed by atoms with Gasteiger partial charge in [-0.15, -0.1) is 0 Å². The number of carbonyl (C=O) groups is 2. The van der Waals surface area contributed by atoms with Crippen molar-refractivity contribution in [3.8, 4) is 11.1 Å². The molecule has 1 heterocycles. The standard InChI is InChI=1S/C26H21F5N2O3/c1-25(27,28)22-9-6-15(13-32-22)18-8-7-17(11-21(18)24(35)36-2)33-23(34)20-12-19(20)14-4-3-5-16(10-14)26(29,30)31/h3-11,13,19-20H,12H2,1-2H3,(H,33,34). The summed E-state index contributed by atoms with van der Waals surface area (Å²) in [6, 6.07) is 11.9. The zero-order valence-electron chi connectivity index (χ0n) is 19.2. The predicted molar refractivity (Wildman–Crippen MR) is 122 cm³/mol. The highest BCUT2D eigenvalue weighted by atomic mass is 19.4. The molecule has 0 saturated heterocycles. The van der Waals surface area contributed by atoms with E-state index in [4.69, 9.17) is 4.74 Å². The first-order chi connectivity index (χ1) is 16.9. The molecular weight excluding hydrogens is 483 g/mol. The number of carbonyl (C=O) groups excluding carboxylic acids is 2. The van der Waals surface area contributed by atoms with Crippen LogP contribution in [0.15, 0.2) is 60.8 Å². The summed E-state index contributed by atoms with van der Waals surface area (Å²) in [4.78, 5) is 28.9. The lowest BCUT2D eigenvalue weighted by atomic mass is 9.99. The second kappa shape index (κ2) is 9.33. The van der Waals surface area contributed by atoms with E-state index in [1.54, 1.807) is 6.07 Å². The molecule has 0 bridgehead atoms. The van der Waals surface area contributed by atoms with Gasteiger partial charge in [0.1, 0.15) is 5.69 Å². The molecule has 1 fully saturated rings. The average molecular weight is 504 g/mol. The summed E-state index contributed by atoms with van der Waals surface area (Å²) < 4.78 is 70.8. The van der Waals surface area contributed by atoms with Gasteiger partial charge in [-0.05, 0) is 47.7 Å². The van der Waals surface area contributed by atoms with Crippen LogP contribution in [0.2, 0.25) is 0 Å². The lowest BCUT2D eigenvalue weighted by molar-refractivity contribution is -0.137. The van der Waals surface area contributed by atoms with Crippen LogP contribution >= 0.6 is 0 Å². The van der Waals surface area contributed by atoms with Crippen LogP contribution in [0.3, 0.4) is 0 Å². The number of pyridine rings is 1. The zero-order valence-corrected chi connectivity index (χ0v) is 19.2. The van der Waals surface area contributed by atoms with Gasteiger partial charge in [0.15, 0.2) is 0 Å². The third-order valence-electron chi connectivity index (χ3n) is 5.99. The topological polar surface area (TPSA) is 68.3 Å². The highest BCUT2D eigenvalue weighted by molar-refractivity contribution is 6.01. The Labute approximate surface area is 203 Å². The summed E-state index contributed by atoms with van der Waals surface area (Å²) in [7, 11) is 1.18. The molecular formula is C26H21F5N2O3. The summed E-state index contributed by atoms with van der Waals surface area (Å²) in [6.45, 7) is 0.726. The SMILES string of the molecule is COC(=O)c1cc(NC(=O)C2CC2c2cccc(C(F)(F)F)c2)ccc1-c1ccc(C(C)(F)F)nc1. The minimum absolute atomic E-state index is 0.0818. The van der Waals surface area contributed by atoms with E-state index >= 15 is 0 Å². The number of hydrogen-bond acceptors (Lipinski definition) is 4. The predicted octanol–water partition coefficient (Wildman–Crippen LogP) is 6.41. The molecule has 1 N–H and O–H groups in total. The lowest BCUT2D eigenvalue weighted by Crippen LogP contribution is -2.15. The molecule has 2 aromatic carbocycles. The van der Waals surface area contributed by atoms with Gasteiger partial charge in [0, 0.05) is 30.3 Å². The van der Waals surface area contributed by atoms with Crippen LogP contribution in [0.1, 0.15) is 46.4 Å². The van der Waals surface area contributed by atoms with Gasteiger partial charge in [-0.25, -0.2) is 4.79 Å². The Balaban J connectivity index is 1.53. The minimum Gasteiger partial charge on any atom is -0.465 e. The van der Waals surface area contributed by atoms with Crippen molar-refractivity contribution < 1.29 is 36.3 Å². The smallest absolute Gasteiger partial charge is 0.416 e. The molecule has 36 heavy (non-hydrogen) atoms. The number of amides is 1. The van der Waals surface area contributed by atoms with Gasteiger partial charge in [-0.1, -0.05) is 30.3 Å². The Morgan fingerprint density at radius 3 is 2.39 bits per heavy atom. The van der Waals surface area contributed by atoms with Crippen molar-refractivity contribution in [2.45, 2.75) is 31.4 Å². The fourth-order valence-corrected chi connectivity index (χ4v) is 4.00. The number of benzene rings is 2. The Morgan fingerprint density at radius 2 is 1.78 bits per heavy atom. The number of nitrogens with zero attached hydrogens (tertiary/aromatic N) is 1. The Morgan fingerprint density at radius 1 is 1.03 bits per heavy atom. The molecule has 1 aliphatic carbocycles. The van der Waals surface area contributed by atoms with Crippen molar-refractivity contribution in [1.29, 1.82) is 0 Å². The molecule has 3 aromatic rings. The first kappa shape index (κ1) is 25.3. The van der Waals surface area contributed by atoms with E-state index in [1.165, 1.54) is 43.6 Å². The van der Waals surface area contributed by atoms with Crippen molar-refractivity contribution in [3.63, 3.8) is 0 Å². The number of alkyl halides is 5. The number of anilines is 1. The number of ether oxygens (including phenoxy) is 1. The zero-order chi connectivity index (χ0) is 26.3. The van der Waals surface area contributed by atoms with Crippen LogP contribution in [-0.4, -0.2) is 24.0 Å². The molecule has 1 saturated carbocycles. The van der Waals surface area contributed by atoms with Crippen LogP contribution in [0.25, 0.3) is 11.1 Å². The van der Waals surface area contributed by atoms with Gasteiger partial charge < -0.3 is 10.1 Å². The molecule has 1 aromatic heterocycles. The molecule has 0 radical (unpaired) electrons. The lowest BCUT2D eigenvalue weighted by Gasteiger charge is -2.13. The van der Waals surface area contributed by atoms with Crippen LogP contribution in [0.5, 0.6) is 0 Å². The molecule has 1 amide bonds. The van der Waals surface area contributed by atoms with Gasteiger partial charge in [0.25, 0.3) is 5.92 Å². The maximum Gasteiger partial charge on any atom is 0.416 e. The second-order valence-corrected chi connectivity index (χ2v) is 8.63. The molecule has 2 unspecified atom stereocenters. The van der Waals surface area contributed by atoms with Gasteiger partial charge in [-0.3, -0.25) is 9.78 Å². The summed E-state index contributed by atoms with van der Waals surface area (Å²) in [5, 5.41) is 2.69. The van der Waals surface area contributed by atoms with Crippen molar-refractivity contribution in [2.24, 2.45) is 5.92 Å². The number of methoxy groups -OCH3 is 1. The van der Waals surface area contributed by atoms with Crippen molar-refractivity contribution in [1.82, 2.24) is 4.98 Å². The van der Waals surface area contributed by atoms with E-state index in [2.05, 4.69) is 10.3 Å². The van der Waals surface area contributed by atoms with E-state index in [0.29, 0.717) is 23.1 Å². The maximum atomic E-state index is 13.5. The quantitative estimate of drug-likeness (QED) is 0.311. The molecule has 0 aliphatic heterocycles. The highest BCUT2D eigenvalue weighted by Crippen LogP contribution is 2.49. The summed E-state index contributed by atoms with van der Waals surface area (Å²) in [6.07, 6.45) is -2.85. The second-order valence-electron chi connectivity index (χ2n) is 8.63. The van der Waals surface area contributed by atoms with Gasteiger partial charge in [0.2, 0.25) is 5.91 Å². The fraction of sp³-hybridized carbons (Fsp3) is 0.269. The van der Waals surface area contributed by atoms with Gasteiger partial charge in [-0.2, -0.15) is 22.0 Å². The first-order valence-corrected chi connectivity index (χ1v) is 10.9. The average Bonchev–Trinajstić information content (AvgIpc) is 3.64. The number of esters is 1. The maximum absolute atomic E-state index is 13.5. The van der Waals surface area contributed by atoms with Crippen LogP contribution in [0.4, 0.5) is 27.6 Å². The first-order valence-electron chi connectivity index (χ1n) is 10.9. The number of nitrogens with one attached hydrogen (secondary N) is 1. The van der Waals surface area contributed by atoms with E-state index < -0.39 is 41.2 Å². The molecule has 1 aliphatic rings. The fourth-order valence-electron chi connectivity index (χ4n) is 4.00. The Bertz CT molecular complexity index is 1300. The van der Waals surface area contributed by atoms with Crippen LogP contribution < -0.4 is 5.32 Å². The number of halogens is 5. The Kier molecular flexibility index (Phi) is 6.55. The molecule has 5 nitrogen and oxygen atoms in total. The van der Waals surface area contributed by atoms with Crippen molar-refractivity contribution in [2.75, 3.05) is 12.4 Å². The van der Waals surface area contributed by atoms with E-state index in [1.807, 2.05) is 0 Å². The number of hydrogen-bond donors (Lipinski definition) is 1. The van der Waals surface area contributed by atoms with Crippen LogP contribution in [-0.2, 0) is 21.6 Å². The molecule has 188 valence electrons. The Hall–Kier alpha value is -3.82. The molecule has 0 spiro atoms. The number of aromatic nitrogens is 1. The third-order valence-corrected chi connectivity index (χ3v) is 5.99. The normalized spacial score (nSPS) is 17.4. The highest BCUT2D eigenvalue weighted by Gasteiger charge is 2.44. The summed E-state index contributed by atoms with van der Waals surface area (Å²) in [5.41, 5.74) is 0.370. The molecule has 4 rings (SSSR count). The van der Waals surface area contributed by atoms with Crippen LogP contribution in [0, 0.1) is 5.92 Å². The van der Waals surface area contributed by atoms with E-state index in [9.17, 15) is 31.5 Å². The van der Waals surface area contributed by atoms with E-state index in [-0.39, 0.29) is 17.2 Å². The van der Waals surface area contributed by atoms with Gasteiger partial charge >= 0.3 is 12.1 Å². The monoisotopic (exact) mass is 504 g/mol. The largest absolute Gasteiger partial charge is 0.465 e. The van der Waals surface area contributed by atoms with Crippen molar-refractivity contribution in [3.05, 3.63) is 83.2 Å². The molecule has 2 atom stereocenters. The molecule has 10 heteroatoms.